The van der Waals surface area contributed by atoms with Crippen LogP contribution in [0.2, 0.25) is 0 Å². The van der Waals surface area contributed by atoms with Gasteiger partial charge < -0.3 is 11.1 Å². The number of carbonyl (C=O) groups is 1. The molecule has 4 heteroatoms. The molecule has 1 rings (SSSR count). The minimum absolute atomic E-state index is 0.0300. The summed E-state index contributed by atoms with van der Waals surface area (Å²) in [6.07, 6.45) is 4.61. The summed E-state index contributed by atoms with van der Waals surface area (Å²) in [5.41, 5.74) is 7.51. The van der Waals surface area contributed by atoms with E-state index in [-0.39, 0.29) is 5.91 Å². The number of nitrogens with one attached hydrogen (secondary N) is 1. The smallest absolute Gasteiger partial charge is 0.216 e. The molecule has 0 spiro atoms. The number of nitrogens with zero attached hydrogens (tertiary/aromatic N) is 1. The van der Waals surface area contributed by atoms with Gasteiger partial charge in [-0.1, -0.05) is 18.2 Å². The number of hydrogen-bond acceptors (Lipinski definition) is 3. The molecule has 0 heterocycles. The topological polar surface area (TPSA) is 78.9 Å². The van der Waals surface area contributed by atoms with Crippen LogP contribution in [0.4, 0.5) is 5.69 Å². The molecule has 0 radical (unpaired) electrons. The second-order valence-electron chi connectivity index (χ2n) is 3.63. The molecule has 0 aliphatic rings. The van der Waals surface area contributed by atoms with Crippen LogP contribution in [-0.2, 0) is 4.79 Å². The first-order chi connectivity index (χ1) is 8.13. The van der Waals surface area contributed by atoms with Crippen molar-refractivity contribution in [3.05, 3.63) is 35.4 Å². The molecule has 0 aromatic heterocycles. The molecule has 0 unspecified atom stereocenters. The monoisotopic (exact) mass is 229 g/mol. The molecule has 1 aromatic rings. The molecule has 0 fully saturated rings. The predicted octanol–water partition coefficient (Wildman–Crippen LogP) is 1.68. The van der Waals surface area contributed by atoms with E-state index in [9.17, 15) is 4.79 Å². The zero-order valence-electron chi connectivity index (χ0n) is 9.73. The Morgan fingerprint density at radius 2 is 2.35 bits per heavy atom. The number of anilines is 1. The molecule has 0 bridgehead atoms. The van der Waals surface area contributed by atoms with Crippen molar-refractivity contribution in [2.75, 3.05) is 12.3 Å². The highest BCUT2D eigenvalue weighted by atomic mass is 16.1. The Balaban J connectivity index is 2.54. The van der Waals surface area contributed by atoms with Gasteiger partial charge in [-0.15, -0.1) is 0 Å². The van der Waals surface area contributed by atoms with E-state index in [1.807, 2.05) is 24.3 Å². The molecular weight excluding hydrogens is 214 g/mol. The minimum atomic E-state index is -0.0300. The number of amides is 1. The third-order valence-electron chi connectivity index (χ3n) is 2.19. The SMILES string of the molecule is CC(=O)NCCC=Cc1ccc(N)c(C#N)c1. The van der Waals surface area contributed by atoms with Crippen LogP contribution in [0.5, 0.6) is 0 Å². The number of hydrogen-bond donors (Lipinski definition) is 2. The minimum Gasteiger partial charge on any atom is -0.398 e. The number of nitrogens with two attached hydrogens (primary N) is 1. The fourth-order valence-corrected chi connectivity index (χ4v) is 1.33. The van der Waals surface area contributed by atoms with E-state index in [1.54, 1.807) is 12.1 Å². The molecule has 0 aliphatic heterocycles. The number of carbonyl (C=O) groups excluding carboxylic acids is 1. The standard InChI is InChI=1S/C13H15N3O/c1-10(17)16-7-3-2-4-11-5-6-13(15)12(8-11)9-14/h2,4-6,8H,3,7,15H2,1H3,(H,16,17). The van der Waals surface area contributed by atoms with E-state index in [0.29, 0.717) is 17.8 Å². The van der Waals surface area contributed by atoms with Crippen molar-refractivity contribution in [1.29, 1.82) is 5.26 Å². The average Bonchev–Trinajstić information content (AvgIpc) is 2.30. The van der Waals surface area contributed by atoms with Gasteiger partial charge in [0.05, 0.1) is 5.56 Å². The molecule has 0 saturated heterocycles. The molecule has 1 amide bonds. The van der Waals surface area contributed by atoms with Gasteiger partial charge in [-0.3, -0.25) is 4.79 Å². The van der Waals surface area contributed by atoms with Gasteiger partial charge in [-0.2, -0.15) is 5.26 Å². The number of nitriles is 1. The van der Waals surface area contributed by atoms with Gasteiger partial charge in [0.15, 0.2) is 0 Å². The number of benzene rings is 1. The molecule has 1 aromatic carbocycles. The largest absolute Gasteiger partial charge is 0.398 e. The van der Waals surface area contributed by atoms with Gasteiger partial charge in [0.2, 0.25) is 5.91 Å². The van der Waals surface area contributed by atoms with Gasteiger partial charge >= 0.3 is 0 Å². The first-order valence-electron chi connectivity index (χ1n) is 5.34. The molecule has 88 valence electrons. The molecule has 0 aliphatic carbocycles. The Labute approximate surface area is 101 Å². The maximum absolute atomic E-state index is 10.6. The maximum Gasteiger partial charge on any atom is 0.216 e. The fourth-order valence-electron chi connectivity index (χ4n) is 1.33. The Hall–Kier alpha value is -2.28. The van der Waals surface area contributed by atoms with Crippen molar-refractivity contribution < 1.29 is 4.79 Å². The highest BCUT2D eigenvalue weighted by Crippen LogP contribution is 2.14. The van der Waals surface area contributed by atoms with Crippen molar-refractivity contribution in [3.8, 4) is 6.07 Å². The van der Waals surface area contributed by atoms with E-state index in [0.717, 1.165) is 12.0 Å². The predicted molar refractivity (Wildman–Crippen MR) is 67.9 cm³/mol. The summed E-state index contributed by atoms with van der Waals surface area (Å²) in [6, 6.07) is 7.34. The zero-order chi connectivity index (χ0) is 12.7. The highest BCUT2D eigenvalue weighted by Gasteiger charge is 1.97. The summed E-state index contributed by atoms with van der Waals surface area (Å²) in [4.78, 5) is 10.6. The molecule has 0 atom stereocenters. The fraction of sp³-hybridized carbons (Fsp3) is 0.231. The summed E-state index contributed by atoms with van der Waals surface area (Å²) in [7, 11) is 0. The molecule has 3 N–H and O–H groups in total. The van der Waals surface area contributed by atoms with Gasteiger partial charge in [0.1, 0.15) is 6.07 Å². The lowest BCUT2D eigenvalue weighted by molar-refractivity contribution is -0.118. The van der Waals surface area contributed by atoms with Crippen LogP contribution in [0, 0.1) is 11.3 Å². The van der Waals surface area contributed by atoms with Crippen LogP contribution in [0.3, 0.4) is 0 Å². The zero-order valence-corrected chi connectivity index (χ0v) is 9.73. The summed E-state index contributed by atoms with van der Waals surface area (Å²) in [5, 5.41) is 11.5. The summed E-state index contributed by atoms with van der Waals surface area (Å²) in [5.74, 6) is -0.0300. The van der Waals surface area contributed by atoms with E-state index in [2.05, 4.69) is 5.32 Å². The Morgan fingerprint density at radius 1 is 1.59 bits per heavy atom. The van der Waals surface area contributed by atoms with Crippen molar-refractivity contribution in [2.24, 2.45) is 0 Å². The first kappa shape index (κ1) is 12.8. The van der Waals surface area contributed by atoms with Crippen LogP contribution in [-0.4, -0.2) is 12.5 Å². The maximum atomic E-state index is 10.6. The Bertz CT molecular complexity index is 472. The van der Waals surface area contributed by atoms with Crippen LogP contribution in [0.15, 0.2) is 24.3 Å². The van der Waals surface area contributed by atoms with Gasteiger partial charge in [0.25, 0.3) is 0 Å². The third kappa shape index (κ3) is 4.39. The van der Waals surface area contributed by atoms with Crippen LogP contribution in [0.25, 0.3) is 6.08 Å². The lowest BCUT2D eigenvalue weighted by Crippen LogP contribution is -2.20. The highest BCUT2D eigenvalue weighted by molar-refractivity contribution is 5.72. The van der Waals surface area contributed by atoms with Crippen LogP contribution in [0.1, 0.15) is 24.5 Å². The normalized spacial score (nSPS) is 10.1. The Kier molecular flexibility index (Phi) is 4.77. The number of nitrogen functional groups attached to an aromatic ring is 1. The lowest BCUT2D eigenvalue weighted by atomic mass is 10.1. The summed E-state index contributed by atoms with van der Waals surface area (Å²) in [6.45, 7) is 2.11. The van der Waals surface area contributed by atoms with E-state index < -0.39 is 0 Å². The van der Waals surface area contributed by atoms with Crippen molar-refractivity contribution >= 4 is 17.7 Å². The second-order valence-corrected chi connectivity index (χ2v) is 3.63. The van der Waals surface area contributed by atoms with Crippen molar-refractivity contribution in [3.63, 3.8) is 0 Å². The third-order valence-corrected chi connectivity index (χ3v) is 2.19. The van der Waals surface area contributed by atoms with E-state index >= 15 is 0 Å². The Morgan fingerprint density at radius 3 is 3.00 bits per heavy atom. The van der Waals surface area contributed by atoms with Crippen LogP contribution >= 0.6 is 0 Å². The number of rotatable bonds is 4. The van der Waals surface area contributed by atoms with E-state index in [1.165, 1.54) is 6.92 Å². The van der Waals surface area contributed by atoms with E-state index in [4.69, 9.17) is 11.0 Å². The average molecular weight is 229 g/mol. The second kappa shape index (κ2) is 6.33. The van der Waals surface area contributed by atoms with Crippen LogP contribution < -0.4 is 11.1 Å². The summed E-state index contributed by atoms with van der Waals surface area (Å²) < 4.78 is 0. The lowest BCUT2D eigenvalue weighted by Gasteiger charge is -1.99. The van der Waals surface area contributed by atoms with Gasteiger partial charge in [-0.25, -0.2) is 0 Å². The molecule has 17 heavy (non-hydrogen) atoms. The molecular formula is C13H15N3O. The van der Waals surface area contributed by atoms with Gasteiger partial charge in [0, 0.05) is 19.2 Å². The van der Waals surface area contributed by atoms with Gasteiger partial charge in [-0.05, 0) is 24.1 Å². The first-order valence-corrected chi connectivity index (χ1v) is 5.34. The quantitative estimate of drug-likeness (QED) is 0.609. The van der Waals surface area contributed by atoms with Crippen molar-refractivity contribution in [2.45, 2.75) is 13.3 Å². The summed E-state index contributed by atoms with van der Waals surface area (Å²) >= 11 is 0. The molecule has 4 nitrogen and oxygen atoms in total. The molecule has 0 saturated carbocycles. The van der Waals surface area contributed by atoms with Crippen molar-refractivity contribution in [1.82, 2.24) is 5.32 Å².